The van der Waals surface area contributed by atoms with E-state index in [4.69, 9.17) is 0 Å². The number of sulfonamides is 1. The first-order chi connectivity index (χ1) is 10.8. The quantitative estimate of drug-likeness (QED) is 0.618. The van der Waals surface area contributed by atoms with Gasteiger partial charge in [0.25, 0.3) is 15.7 Å². The largest absolute Gasteiger partial charge is 0.270 e. The van der Waals surface area contributed by atoms with Crippen molar-refractivity contribution in [1.82, 2.24) is 0 Å². The van der Waals surface area contributed by atoms with E-state index in [0.717, 1.165) is 34.6 Å². The number of anilines is 1. The zero-order valence-electron chi connectivity index (χ0n) is 11.9. The van der Waals surface area contributed by atoms with Crippen molar-refractivity contribution in [1.29, 1.82) is 0 Å². The molecule has 2 aromatic carbocycles. The lowest BCUT2D eigenvalue weighted by Crippen LogP contribution is -2.31. The van der Waals surface area contributed by atoms with Crippen molar-refractivity contribution in [2.24, 2.45) is 0 Å². The van der Waals surface area contributed by atoms with Gasteiger partial charge in [0.05, 0.1) is 15.5 Å². The van der Waals surface area contributed by atoms with E-state index in [9.17, 15) is 27.3 Å². The summed E-state index contributed by atoms with van der Waals surface area (Å²) in [6, 6.07) is 7.21. The Bertz CT molecular complexity index is 856. The third-order valence-electron chi connectivity index (χ3n) is 3.09. The second-order valence-electron chi connectivity index (χ2n) is 4.52. The van der Waals surface area contributed by atoms with Crippen LogP contribution in [0.5, 0.6) is 0 Å². The molecular formula is C14H12F2N2O4S. The fourth-order valence-corrected chi connectivity index (χ4v) is 3.52. The molecule has 2 rings (SSSR count). The van der Waals surface area contributed by atoms with Crippen LogP contribution in [0.25, 0.3) is 0 Å². The first-order valence-corrected chi connectivity index (χ1v) is 7.93. The van der Waals surface area contributed by atoms with Crippen LogP contribution >= 0.6 is 0 Å². The Balaban J connectivity index is 2.53. The number of hydrogen-bond donors (Lipinski definition) is 0. The van der Waals surface area contributed by atoms with Gasteiger partial charge in [-0.3, -0.25) is 14.4 Å². The highest BCUT2D eigenvalue weighted by Crippen LogP contribution is 2.26. The predicted octanol–water partition coefficient (Wildman–Crippen LogP) is 3.09. The van der Waals surface area contributed by atoms with Crippen LogP contribution in [0.1, 0.15) is 6.92 Å². The Labute approximate surface area is 131 Å². The number of halogens is 2. The number of nitro groups is 1. The van der Waals surface area contributed by atoms with Gasteiger partial charge in [-0.25, -0.2) is 17.2 Å². The molecule has 0 spiro atoms. The highest BCUT2D eigenvalue weighted by molar-refractivity contribution is 7.92. The smallest absolute Gasteiger partial charge is 0.267 e. The molecule has 0 fully saturated rings. The molecule has 122 valence electrons. The molecule has 0 atom stereocenters. The maximum atomic E-state index is 13.4. The van der Waals surface area contributed by atoms with Crippen LogP contribution in [0.3, 0.4) is 0 Å². The molecule has 0 amide bonds. The standard InChI is InChI=1S/C14H12F2N2O4S/c1-2-17(10-6-7-13(15)14(16)9-10)23(21,22)12-5-3-4-11(8-12)18(19)20/h3-9H,2H2,1H3. The fourth-order valence-electron chi connectivity index (χ4n) is 2.02. The van der Waals surface area contributed by atoms with Crippen LogP contribution in [0.4, 0.5) is 20.2 Å². The van der Waals surface area contributed by atoms with Crippen LogP contribution in [0.2, 0.25) is 0 Å². The molecule has 23 heavy (non-hydrogen) atoms. The predicted molar refractivity (Wildman–Crippen MR) is 79.7 cm³/mol. The molecule has 0 unspecified atom stereocenters. The van der Waals surface area contributed by atoms with Crippen LogP contribution in [-0.4, -0.2) is 19.9 Å². The molecular weight excluding hydrogens is 330 g/mol. The van der Waals surface area contributed by atoms with Gasteiger partial charge in [0.2, 0.25) is 0 Å². The number of nitrogens with zero attached hydrogens (tertiary/aromatic N) is 2. The van der Waals surface area contributed by atoms with Gasteiger partial charge in [-0.2, -0.15) is 0 Å². The number of benzene rings is 2. The van der Waals surface area contributed by atoms with Crippen LogP contribution < -0.4 is 4.31 Å². The molecule has 2 aromatic rings. The molecule has 0 aromatic heterocycles. The Hall–Kier alpha value is -2.55. The van der Waals surface area contributed by atoms with Gasteiger partial charge in [-0.1, -0.05) is 6.07 Å². The molecule has 0 aliphatic heterocycles. The summed E-state index contributed by atoms with van der Waals surface area (Å²) < 4.78 is 52.4. The normalized spacial score (nSPS) is 11.3. The van der Waals surface area contributed by atoms with E-state index in [-0.39, 0.29) is 22.8 Å². The highest BCUT2D eigenvalue weighted by atomic mass is 32.2. The zero-order valence-corrected chi connectivity index (χ0v) is 12.8. The van der Waals surface area contributed by atoms with E-state index < -0.39 is 26.6 Å². The van der Waals surface area contributed by atoms with E-state index in [1.54, 1.807) is 0 Å². The third-order valence-corrected chi connectivity index (χ3v) is 4.99. The Morgan fingerprint density at radius 2 is 1.83 bits per heavy atom. The summed E-state index contributed by atoms with van der Waals surface area (Å²) in [6.07, 6.45) is 0. The minimum Gasteiger partial charge on any atom is -0.267 e. The summed E-state index contributed by atoms with van der Waals surface area (Å²) in [5.41, 5.74) is -0.453. The van der Waals surface area contributed by atoms with E-state index >= 15 is 0 Å². The summed E-state index contributed by atoms with van der Waals surface area (Å²) in [4.78, 5) is 9.75. The number of nitro benzene ring substituents is 1. The van der Waals surface area contributed by atoms with E-state index in [1.165, 1.54) is 19.1 Å². The minimum absolute atomic E-state index is 0.0594. The summed E-state index contributed by atoms with van der Waals surface area (Å²) in [7, 11) is -4.15. The van der Waals surface area contributed by atoms with Gasteiger partial charge in [-0.15, -0.1) is 0 Å². The molecule has 0 bridgehead atoms. The molecule has 0 heterocycles. The molecule has 0 radical (unpaired) electrons. The third kappa shape index (κ3) is 3.29. The van der Waals surface area contributed by atoms with Crippen molar-refractivity contribution < 1.29 is 22.1 Å². The average molecular weight is 342 g/mol. The van der Waals surface area contributed by atoms with E-state index in [1.807, 2.05) is 0 Å². The lowest BCUT2D eigenvalue weighted by molar-refractivity contribution is -0.385. The molecule has 0 aliphatic rings. The topological polar surface area (TPSA) is 80.5 Å². The second-order valence-corrected chi connectivity index (χ2v) is 6.38. The van der Waals surface area contributed by atoms with Gasteiger partial charge >= 0.3 is 0 Å². The van der Waals surface area contributed by atoms with Crippen molar-refractivity contribution >= 4 is 21.4 Å². The number of hydrogen-bond acceptors (Lipinski definition) is 4. The van der Waals surface area contributed by atoms with Crippen molar-refractivity contribution in [3.05, 3.63) is 64.2 Å². The SMILES string of the molecule is CCN(c1ccc(F)c(F)c1)S(=O)(=O)c1cccc([N+](=O)[O-])c1. The number of rotatable bonds is 5. The molecule has 9 heteroatoms. The maximum absolute atomic E-state index is 13.4. The van der Waals surface area contributed by atoms with Gasteiger partial charge < -0.3 is 0 Å². The second kappa shape index (κ2) is 6.29. The first-order valence-electron chi connectivity index (χ1n) is 6.49. The Kier molecular flexibility index (Phi) is 4.60. The summed E-state index contributed by atoms with van der Waals surface area (Å²) >= 11 is 0. The number of non-ortho nitro benzene ring substituents is 1. The Morgan fingerprint density at radius 1 is 1.13 bits per heavy atom. The fraction of sp³-hybridized carbons (Fsp3) is 0.143. The van der Waals surface area contributed by atoms with Crippen molar-refractivity contribution in [2.75, 3.05) is 10.8 Å². The minimum atomic E-state index is -4.15. The van der Waals surface area contributed by atoms with Gasteiger partial charge in [0.15, 0.2) is 11.6 Å². The van der Waals surface area contributed by atoms with Crippen LogP contribution in [0, 0.1) is 21.7 Å². The average Bonchev–Trinajstić information content (AvgIpc) is 2.51. The lowest BCUT2D eigenvalue weighted by Gasteiger charge is -2.23. The van der Waals surface area contributed by atoms with Crippen molar-refractivity contribution in [3.63, 3.8) is 0 Å². The summed E-state index contributed by atoms with van der Waals surface area (Å²) in [5, 5.41) is 10.8. The van der Waals surface area contributed by atoms with Crippen molar-refractivity contribution in [2.45, 2.75) is 11.8 Å². The van der Waals surface area contributed by atoms with Crippen LogP contribution in [-0.2, 0) is 10.0 Å². The van der Waals surface area contributed by atoms with E-state index in [2.05, 4.69) is 0 Å². The monoisotopic (exact) mass is 342 g/mol. The van der Waals surface area contributed by atoms with Gasteiger partial charge in [0.1, 0.15) is 0 Å². The molecule has 0 saturated heterocycles. The summed E-state index contributed by atoms with van der Waals surface area (Å²) in [5.74, 6) is -2.28. The molecule has 0 N–H and O–H groups in total. The maximum Gasteiger partial charge on any atom is 0.270 e. The lowest BCUT2D eigenvalue weighted by atomic mass is 10.3. The Morgan fingerprint density at radius 3 is 2.39 bits per heavy atom. The summed E-state index contributed by atoms with van der Waals surface area (Å²) in [6.45, 7) is 1.45. The molecule has 6 nitrogen and oxygen atoms in total. The van der Waals surface area contributed by atoms with Gasteiger partial charge in [0, 0.05) is 24.7 Å². The molecule has 0 aliphatic carbocycles. The first kappa shape index (κ1) is 16.8. The van der Waals surface area contributed by atoms with E-state index in [0.29, 0.717) is 0 Å². The highest BCUT2D eigenvalue weighted by Gasteiger charge is 2.26. The molecule has 0 saturated carbocycles. The van der Waals surface area contributed by atoms with Crippen molar-refractivity contribution in [3.8, 4) is 0 Å². The zero-order chi connectivity index (χ0) is 17.2. The van der Waals surface area contributed by atoms with Crippen LogP contribution in [0.15, 0.2) is 47.4 Å². The van der Waals surface area contributed by atoms with Gasteiger partial charge in [-0.05, 0) is 25.1 Å².